The van der Waals surface area contributed by atoms with Gasteiger partial charge in [0, 0.05) is 13.1 Å². The SMILES string of the molecule is NC(=S)COc1ccccc1NS(=O)(=O)N1CCOCC1. The second-order valence-corrected chi connectivity index (χ2v) is 6.56. The molecule has 2 rings (SSSR count). The molecule has 1 aromatic rings. The first kappa shape index (κ1) is 16.0. The molecule has 1 heterocycles. The average molecular weight is 331 g/mol. The zero-order chi connectivity index (χ0) is 15.3. The molecule has 0 atom stereocenters. The normalized spacial score (nSPS) is 16.4. The predicted molar refractivity (Wildman–Crippen MR) is 83.7 cm³/mol. The van der Waals surface area contributed by atoms with Gasteiger partial charge in [-0.2, -0.15) is 12.7 Å². The number of nitrogens with one attached hydrogen (secondary N) is 1. The molecule has 1 saturated heterocycles. The molecule has 0 unspecified atom stereocenters. The molecule has 1 fully saturated rings. The van der Waals surface area contributed by atoms with Gasteiger partial charge < -0.3 is 15.2 Å². The maximum absolute atomic E-state index is 12.3. The molecule has 0 bridgehead atoms. The van der Waals surface area contributed by atoms with E-state index in [9.17, 15) is 8.42 Å². The maximum atomic E-state index is 12.3. The van der Waals surface area contributed by atoms with Crippen molar-refractivity contribution in [3.8, 4) is 5.75 Å². The highest BCUT2D eigenvalue weighted by atomic mass is 32.2. The monoisotopic (exact) mass is 331 g/mol. The zero-order valence-electron chi connectivity index (χ0n) is 11.3. The van der Waals surface area contributed by atoms with Crippen LogP contribution < -0.4 is 15.2 Å². The van der Waals surface area contributed by atoms with E-state index < -0.39 is 10.2 Å². The summed E-state index contributed by atoms with van der Waals surface area (Å²) in [7, 11) is -3.64. The quantitative estimate of drug-likeness (QED) is 0.730. The van der Waals surface area contributed by atoms with Crippen molar-refractivity contribution in [2.75, 3.05) is 37.6 Å². The van der Waals surface area contributed by atoms with E-state index in [4.69, 9.17) is 27.4 Å². The van der Waals surface area contributed by atoms with Crippen LogP contribution in [0.3, 0.4) is 0 Å². The van der Waals surface area contributed by atoms with E-state index in [0.717, 1.165) is 0 Å². The van der Waals surface area contributed by atoms with Crippen molar-refractivity contribution in [2.24, 2.45) is 5.73 Å². The Bertz CT molecular complexity index is 600. The molecule has 1 aromatic carbocycles. The van der Waals surface area contributed by atoms with Gasteiger partial charge in [-0.25, -0.2) is 0 Å². The van der Waals surface area contributed by atoms with Crippen LogP contribution >= 0.6 is 12.2 Å². The number of anilines is 1. The molecular weight excluding hydrogens is 314 g/mol. The average Bonchev–Trinajstić information content (AvgIpc) is 2.47. The number of hydrogen-bond acceptors (Lipinski definition) is 5. The van der Waals surface area contributed by atoms with Crippen LogP contribution in [0.15, 0.2) is 24.3 Å². The third-order valence-electron chi connectivity index (χ3n) is 2.81. The molecule has 0 spiro atoms. The van der Waals surface area contributed by atoms with Crippen molar-refractivity contribution >= 4 is 33.1 Å². The second-order valence-electron chi connectivity index (χ2n) is 4.37. The van der Waals surface area contributed by atoms with E-state index in [0.29, 0.717) is 37.7 Å². The summed E-state index contributed by atoms with van der Waals surface area (Å²) in [4.78, 5) is 0.195. The number of ether oxygens (including phenoxy) is 2. The fraction of sp³-hybridized carbons (Fsp3) is 0.417. The first-order valence-corrected chi connectivity index (χ1v) is 8.19. The lowest BCUT2D eigenvalue weighted by Crippen LogP contribution is -2.43. The Labute approximate surface area is 129 Å². The molecule has 0 aliphatic carbocycles. The van der Waals surface area contributed by atoms with Gasteiger partial charge in [0.25, 0.3) is 0 Å². The van der Waals surface area contributed by atoms with Crippen LogP contribution in [-0.4, -0.2) is 50.6 Å². The lowest BCUT2D eigenvalue weighted by Gasteiger charge is -2.26. The minimum Gasteiger partial charge on any atom is -0.484 e. The number of nitrogens with zero attached hydrogens (tertiary/aromatic N) is 1. The van der Waals surface area contributed by atoms with Gasteiger partial charge in [-0.05, 0) is 12.1 Å². The highest BCUT2D eigenvalue weighted by Crippen LogP contribution is 2.25. The van der Waals surface area contributed by atoms with Crippen LogP contribution in [0.4, 0.5) is 5.69 Å². The Morgan fingerprint density at radius 3 is 2.71 bits per heavy atom. The molecule has 0 aromatic heterocycles. The smallest absolute Gasteiger partial charge is 0.301 e. The van der Waals surface area contributed by atoms with Crippen molar-refractivity contribution in [2.45, 2.75) is 0 Å². The lowest BCUT2D eigenvalue weighted by atomic mass is 10.3. The minimum atomic E-state index is -3.64. The Kier molecular flexibility index (Phi) is 5.34. The molecule has 0 saturated carbocycles. The minimum absolute atomic E-state index is 0.0473. The molecule has 7 nitrogen and oxygen atoms in total. The number of hydrogen-bond donors (Lipinski definition) is 2. The third-order valence-corrected chi connectivity index (χ3v) is 4.45. The number of para-hydroxylation sites is 2. The van der Waals surface area contributed by atoms with Crippen molar-refractivity contribution in [1.29, 1.82) is 0 Å². The molecule has 21 heavy (non-hydrogen) atoms. The lowest BCUT2D eigenvalue weighted by molar-refractivity contribution is 0.0733. The Morgan fingerprint density at radius 2 is 2.05 bits per heavy atom. The Hall–Kier alpha value is -1.42. The molecule has 0 amide bonds. The van der Waals surface area contributed by atoms with Crippen molar-refractivity contribution in [3.63, 3.8) is 0 Å². The topological polar surface area (TPSA) is 93.9 Å². The van der Waals surface area contributed by atoms with Crippen LogP contribution in [0.2, 0.25) is 0 Å². The fourth-order valence-corrected chi connectivity index (χ4v) is 3.08. The van der Waals surface area contributed by atoms with E-state index in [1.165, 1.54) is 4.31 Å². The van der Waals surface area contributed by atoms with Crippen LogP contribution in [-0.2, 0) is 14.9 Å². The van der Waals surface area contributed by atoms with Crippen molar-refractivity contribution in [1.82, 2.24) is 4.31 Å². The molecule has 3 N–H and O–H groups in total. The van der Waals surface area contributed by atoms with Crippen LogP contribution in [0, 0.1) is 0 Å². The van der Waals surface area contributed by atoms with Gasteiger partial charge in [0.05, 0.1) is 18.9 Å². The number of thiocarbonyl (C=S) groups is 1. The number of rotatable bonds is 6. The first-order chi connectivity index (χ1) is 9.99. The van der Waals surface area contributed by atoms with Crippen molar-refractivity contribution in [3.05, 3.63) is 24.3 Å². The van der Waals surface area contributed by atoms with Crippen molar-refractivity contribution < 1.29 is 17.9 Å². The van der Waals surface area contributed by atoms with E-state index >= 15 is 0 Å². The van der Waals surface area contributed by atoms with E-state index in [1.807, 2.05) is 0 Å². The summed E-state index contributed by atoms with van der Waals surface area (Å²) in [5.41, 5.74) is 5.73. The Balaban J connectivity index is 2.12. The van der Waals surface area contributed by atoms with Crippen LogP contribution in [0.5, 0.6) is 5.75 Å². The summed E-state index contributed by atoms with van der Waals surface area (Å²) in [5, 5.41) is 0. The summed E-state index contributed by atoms with van der Waals surface area (Å²) in [5.74, 6) is 0.377. The third kappa shape index (κ3) is 4.53. The van der Waals surface area contributed by atoms with Gasteiger partial charge >= 0.3 is 10.2 Å². The summed E-state index contributed by atoms with van der Waals surface area (Å²) in [6.45, 7) is 1.48. The summed E-state index contributed by atoms with van der Waals surface area (Å²) < 4.78 is 39.0. The summed E-state index contributed by atoms with van der Waals surface area (Å²) in [6, 6.07) is 6.72. The van der Waals surface area contributed by atoms with Gasteiger partial charge in [-0.3, -0.25) is 4.72 Å². The zero-order valence-corrected chi connectivity index (χ0v) is 13.0. The number of benzene rings is 1. The first-order valence-electron chi connectivity index (χ1n) is 6.35. The van der Waals surface area contributed by atoms with E-state index in [2.05, 4.69) is 4.72 Å². The number of nitrogens with two attached hydrogens (primary N) is 1. The molecule has 1 aliphatic rings. The molecule has 116 valence electrons. The predicted octanol–water partition coefficient (Wildman–Crippen LogP) is 0.340. The summed E-state index contributed by atoms with van der Waals surface area (Å²) >= 11 is 4.74. The second kappa shape index (κ2) is 7.03. The van der Waals surface area contributed by atoms with Gasteiger partial charge in [0.15, 0.2) is 0 Å². The highest BCUT2D eigenvalue weighted by Gasteiger charge is 2.25. The number of morpholine rings is 1. The van der Waals surface area contributed by atoms with E-state index in [1.54, 1.807) is 24.3 Å². The molecular formula is C12H17N3O4S2. The Morgan fingerprint density at radius 1 is 1.38 bits per heavy atom. The highest BCUT2D eigenvalue weighted by molar-refractivity contribution is 7.90. The van der Waals surface area contributed by atoms with E-state index in [-0.39, 0.29) is 11.6 Å². The largest absolute Gasteiger partial charge is 0.484 e. The van der Waals surface area contributed by atoms with Crippen LogP contribution in [0.1, 0.15) is 0 Å². The molecule has 9 heteroatoms. The maximum Gasteiger partial charge on any atom is 0.301 e. The van der Waals surface area contributed by atoms with Gasteiger partial charge in [-0.1, -0.05) is 24.4 Å². The standard InChI is InChI=1S/C12H17N3O4S2/c13-12(20)9-19-11-4-2-1-3-10(11)14-21(16,17)15-5-7-18-8-6-15/h1-4,14H,5-9H2,(H2,13,20). The van der Waals surface area contributed by atoms with Crippen LogP contribution in [0.25, 0.3) is 0 Å². The molecule has 0 radical (unpaired) electrons. The van der Waals surface area contributed by atoms with Gasteiger partial charge in [-0.15, -0.1) is 0 Å². The van der Waals surface area contributed by atoms with Gasteiger partial charge in [0.1, 0.15) is 17.3 Å². The fourth-order valence-electron chi connectivity index (χ4n) is 1.82. The molecule has 1 aliphatic heterocycles. The summed E-state index contributed by atoms with van der Waals surface area (Å²) in [6.07, 6.45) is 0. The van der Waals surface area contributed by atoms with Gasteiger partial charge in [0.2, 0.25) is 0 Å².